The molecular weight excluding hydrogens is 484 g/mol. The summed E-state index contributed by atoms with van der Waals surface area (Å²) >= 11 is 0. The number of hydrogen-bond donors (Lipinski definition) is 3. The van der Waals surface area contributed by atoms with E-state index in [1.54, 1.807) is 18.2 Å². The minimum Gasteiger partial charge on any atom is -0.346 e. The van der Waals surface area contributed by atoms with Gasteiger partial charge >= 0.3 is 0 Å². The van der Waals surface area contributed by atoms with E-state index in [2.05, 4.69) is 32.1 Å². The molecule has 0 unspecified atom stereocenters. The van der Waals surface area contributed by atoms with Crippen LogP contribution in [0.3, 0.4) is 0 Å². The Hall–Kier alpha value is -3.49. The SMILES string of the molecule is O=C(NC1(c2ccccc2)CC1)[C@H]1CC[C@H](NS(=O)(=O)c2ccc3[nH]c(-c4ccccc4)nc3c2)CC1. The average Bonchev–Trinajstić information content (AvgIpc) is 3.58. The summed E-state index contributed by atoms with van der Waals surface area (Å²) in [5.74, 6) is 0.703. The highest BCUT2D eigenvalue weighted by molar-refractivity contribution is 7.89. The van der Waals surface area contributed by atoms with Crippen LogP contribution in [0.2, 0.25) is 0 Å². The minimum absolute atomic E-state index is 0.0841. The fourth-order valence-corrected chi connectivity index (χ4v) is 6.68. The molecule has 1 aromatic heterocycles. The Labute approximate surface area is 216 Å². The van der Waals surface area contributed by atoms with E-state index in [4.69, 9.17) is 0 Å². The van der Waals surface area contributed by atoms with Crippen molar-refractivity contribution in [1.82, 2.24) is 20.0 Å². The Morgan fingerprint density at radius 2 is 1.57 bits per heavy atom. The molecule has 6 rings (SSSR count). The number of aromatic nitrogens is 2. The number of nitrogens with zero attached hydrogens (tertiary/aromatic N) is 1. The highest BCUT2D eigenvalue weighted by Gasteiger charge is 2.46. The molecule has 3 N–H and O–H groups in total. The lowest BCUT2D eigenvalue weighted by Gasteiger charge is -2.30. The van der Waals surface area contributed by atoms with E-state index in [0.29, 0.717) is 37.0 Å². The van der Waals surface area contributed by atoms with Crippen molar-refractivity contribution in [2.24, 2.45) is 5.92 Å². The number of fused-ring (bicyclic) bond motifs is 1. The van der Waals surface area contributed by atoms with Crippen LogP contribution < -0.4 is 10.0 Å². The van der Waals surface area contributed by atoms with Gasteiger partial charge in [0.2, 0.25) is 15.9 Å². The molecule has 2 aliphatic carbocycles. The summed E-state index contributed by atoms with van der Waals surface area (Å²) in [4.78, 5) is 21.1. The first-order valence-electron chi connectivity index (χ1n) is 12.9. The van der Waals surface area contributed by atoms with Gasteiger partial charge < -0.3 is 10.3 Å². The van der Waals surface area contributed by atoms with Crippen LogP contribution in [0.5, 0.6) is 0 Å². The second-order valence-corrected chi connectivity index (χ2v) is 12.0. The molecule has 0 radical (unpaired) electrons. The first-order chi connectivity index (χ1) is 17.9. The van der Waals surface area contributed by atoms with Gasteiger partial charge in [-0.1, -0.05) is 60.7 Å². The number of carbonyl (C=O) groups is 1. The standard InChI is InChI=1S/C29H30N4O3S/c34-28(32-29(17-18-29)22-9-5-2-6-10-22)21-11-13-23(14-12-21)33-37(35,36)24-15-16-25-26(19-24)31-27(30-25)20-7-3-1-4-8-20/h1-10,15-16,19,21,23,33H,11-14,17-18H2,(H,30,31)(H,32,34)/t21-,23-. The monoisotopic (exact) mass is 514 g/mol. The maximum absolute atomic E-state index is 13.2. The molecule has 1 heterocycles. The van der Waals surface area contributed by atoms with Crippen LogP contribution >= 0.6 is 0 Å². The third-order valence-electron chi connectivity index (χ3n) is 7.67. The van der Waals surface area contributed by atoms with Gasteiger partial charge in [0, 0.05) is 17.5 Å². The lowest BCUT2D eigenvalue weighted by Crippen LogP contribution is -2.43. The molecule has 2 fully saturated rings. The molecule has 8 heteroatoms. The summed E-state index contributed by atoms with van der Waals surface area (Å²) in [5, 5.41) is 3.29. The van der Waals surface area contributed by atoms with Gasteiger partial charge in [-0.2, -0.15) is 0 Å². The van der Waals surface area contributed by atoms with Crippen molar-refractivity contribution in [2.45, 2.75) is 55.0 Å². The van der Waals surface area contributed by atoms with Crippen molar-refractivity contribution in [3.63, 3.8) is 0 Å². The summed E-state index contributed by atoms with van der Waals surface area (Å²) in [5.41, 5.74) is 3.28. The zero-order valence-corrected chi connectivity index (χ0v) is 21.3. The summed E-state index contributed by atoms with van der Waals surface area (Å²) in [6, 6.07) is 24.7. The van der Waals surface area contributed by atoms with E-state index in [9.17, 15) is 13.2 Å². The molecule has 2 saturated carbocycles. The number of aromatic amines is 1. The van der Waals surface area contributed by atoms with Gasteiger partial charge in [-0.05, 0) is 62.3 Å². The average molecular weight is 515 g/mol. The highest BCUT2D eigenvalue weighted by Crippen LogP contribution is 2.46. The lowest BCUT2D eigenvalue weighted by atomic mass is 9.85. The van der Waals surface area contributed by atoms with E-state index in [1.807, 2.05) is 48.5 Å². The molecule has 0 saturated heterocycles. The number of H-pyrrole nitrogens is 1. The van der Waals surface area contributed by atoms with Crippen molar-refractivity contribution in [1.29, 1.82) is 0 Å². The van der Waals surface area contributed by atoms with Crippen LogP contribution in [0, 0.1) is 5.92 Å². The lowest BCUT2D eigenvalue weighted by molar-refractivity contribution is -0.127. The van der Waals surface area contributed by atoms with Gasteiger partial charge in [-0.15, -0.1) is 0 Å². The highest BCUT2D eigenvalue weighted by atomic mass is 32.2. The van der Waals surface area contributed by atoms with Gasteiger partial charge in [0.1, 0.15) is 5.82 Å². The Morgan fingerprint density at radius 3 is 2.24 bits per heavy atom. The van der Waals surface area contributed by atoms with E-state index < -0.39 is 10.0 Å². The predicted molar refractivity (Wildman–Crippen MR) is 143 cm³/mol. The van der Waals surface area contributed by atoms with Crippen molar-refractivity contribution >= 4 is 27.0 Å². The molecule has 3 aromatic carbocycles. The first-order valence-corrected chi connectivity index (χ1v) is 14.4. The van der Waals surface area contributed by atoms with Crippen molar-refractivity contribution in [3.8, 4) is 11.4 Å². The predicted octanol–water partition coefficient (Wildman–Crippen LogP) is 4.87. The molecule has 0 bridgehead atoms. The Morgan fingerprint density at radius 1 is 0.892 bits per heavy atom. The second kappa shape index (κ2) is 9.43. The van der Waals surface area contributed by atoms with Crippen LogP contribution in [-0.2, 0) is 20.4 Å². The quantitative estimate of drug-likeness (QED) is 0.327. The number of hydrogen-bond acceptors (Lipinski definition) is 4. The molecular formula is C29H30N4O3S. The van der Waals surface area contributed by atoms with Gasteiger partial charge in [0.05, 0.1) is 21.5 Å². The zero-order valence-electron chi connectivity index (χ0n) is 20.5. The zero-order chi connectivity index (χ0) is 25.5. The van der Waals surface area contributed by atoms with Crippen LogP contribution in [0.1, 0.15) is 44.1 Å². The first kappa shape index (κ1) is 23.9. The summed E-state index contributed by atoms with van der Waals surface area (Å²) in [6.45, 7) is 0. The van der Waals surface area contributed by atoms with Gasteiger partial charge in [-0.25, -0.2) is 18.1 Å². The van der Waals surface area contributed by atoms with Crippen LogP contribution in [0.25, 0.3) is 22.4 Å². The van der Waals surface area contributed by atoms with Crippen LogP contribution in [0.4, 0.5) is 0 Å². The molecule has 190 valence electrons. The Balaban J connectivity index is 1.08. The topological polar surface area (TPSA) is 104 Å². The number of benzene rings is 3. The number of rotatable bonds is 7. The van der Waals surface area contributed by atoms with Crippen LogP contribution in [-0.4, -0.2) is 30.3 Å². The third-order valence-corrected chi connectivity index (χ3v) is 9.19. The van der Waals surface area contributed by atoms with E-state index >= 15 is 0 Å². The maximum Gasteiger partial charge on any atom is 0.240 e. The van der Waals surface area contributed by atoms with Gasteiger partial charge in [0.15, 0.2) is 0 Å². The molecule has 0 atom stereocenters. The number of carbonyl (C=O) groups excluding carboxylic acids is 1. The molecule has 37 heavy (non-hydrogen) atoms. The summed E-state index contributed by atoms with van der Waals surface area (Å²) in [7, 11) is -3.70. The number of sulfonamides is 1. The molecule has 0 spiro atoms. The third kappa shape index (κ3) is 4.91. The number of nitrogens with one attached hydrogen (secondary N) is 3. The fraction of sp³-hybridized carbons (Fsp3) is 0.310. The van der Waals surface area contributed by atoms with Gasteiger partial charge in [0.25, 0.3) is 0 Å². The molecule has 2 aliphatic rings. The van der Waals surface area contributed by atoms with Crippen LogP contribution in [0.15, 0.2) is 83.8 Å². The molecule has 1 amide bonds. The number of imidazole rings is 1. The number of amides is 1. The van der Waals surface area contributed by atoms with Crippen molar-refractivity contribution in [2.75, 3.05) is 0 Å². The van der Waals surface area contributed by atoms with Crippen molar-refractivity contribution in [3.05, 3.63) is 84.4 Å². The Bertz CT molecular complexity index is 1520. The van der Waals surface area contributed by atoms with E-state index in [0.717, 1.165) is 29.5 Å². The van der Waals surface area contributed by atoms with Crippen molar-refractivity contribution < 1.29 is 13.2 Å². The van der Waals surface area contributed by atoms with E-state index in [-0.39, 0.29) is 28.3 Å². The molecule has 7 nitrogen and oxygen atoms in total. The summed E-state index contributed by atoms with van der Waals surface area (Å²) < 4.78 is 29.2. The molecule has 0 aliphatic heterocycles. The largest absolute Gasteiger partial charge is 0.346 e. The maximum atomic E-state index is 13.2. The Kier molecular flexibility index (Phi) is 6.09. The fourth-order valence-electron chi connectivity index (χ4n) is 5.35. The normalized spacial score (nSPS) is 21.0. The minimum atomic E-state index is -3.70. The molecule has 4 aromatic rings. The second-order valence-electron chi connectivity index (χ2n) is 10.2. The van der Waals surface area contributed by atoms with E-state index in [1.165, 1.54) is 0 Å². The smallest absolute Gasteiger partial charge is 0.240 e. The van der Waals surface area contributed by atoms with Gasteiger partial charge in [-0.3, -0.25) is 4.79 Å². The summed E-state index contributed by atoms with van der Waals surface area (Å²) in [6.07, 6.45) is 4.54.